The summed E-state index contributed by atoms with van der Waals surface area (Å²) >= 11 is 0. The zero-order valence-corrected chi connectivity index (χ0v) is 32.1. The summed E-state index contributed by atoms with van der Waals surface area (Å²) in [5.41, 5.74) is 3.22. The van der Waals surface area contributed by atoms with Gasteiger partial charge < -0.3 is 28.4 Å². The number of ether oxygens (including phenoxy) is 6. The average Bonchev–Trinajstić information content (AvgIpc) is 3.18. The van der Waals surface area contributed by atoms with E-state index in [0.29, 0.717) is 26.4 Å². The van der Waals surface area contributed by atoms with Crippen molar-refractivity contribution in [3.63, 3.8) is 0 Å². The summed E-state index contributed by atoms with van der Waals surface area (Å²) in [6.07, 6.45) is 21.3. The van der Waals surface area contributed by atoms with Crippen LogP contribution in [-0.4, -0.2) is 44.4 Å². The molecule has 0 aliphatic carbocycles. The summed E-state index contributed by atoms with van der Waals surface area (Å²) < 4.78 is 38.6. The molecule has 286 valence electrons. The van der Waals surface area contributed by atoms with Crippen LogP contribution in [0.25, 0.3) is 0 Å². The number of unbranched alkanes of at least 4 members (excludes halogenated alkanes) is 14. The number of hydrogen-bond donors (Lipinski definition) is 0. The number of methoxy groups -OCH3 is 1. The summed E-state index contributed by atoms with van der Waals surface area (Å²) in [6.45, 7) is 3.83. The molecule has 1 aliphatic rings. The molecular formula is C46H66O6. The van der Waals surface area contributed by atoms with E-state index >= 15 is 0 Å². The third kappa shape index (κ3) is 16.3. The number of allylic oxidation sites excluding steroid dienone is 1. The van der Waals surface area contributed by atoms with Crippen molar-refractivity contribution in [2.45, 2.75) is 154 Å². The molecule has 0 saturated carbocycles. The maximum atomic E-state index is 6.73. The van der Waals surface area contributed by atoms with Crippen LogP contribution >= 0.6 is 0 Å². The van der Waals surface area contributed by atoms with Crippen molar-refractivity contribution < 1.29 is 28.4 Å². The fourth-order valence-corrected chi connectivity index (χ4v) is 6.81. The molecule has 0 amide bonds. The summed E-state index contributed by atoms with van der Waals surface area (Å²) in [7, 11) is 1.68. The molecule has 3 aromatic carbocycles. The van der Waals surface area contributed by atoms with Gasteiger partial charge in [-0.05, 0) is 35.6 Å². The van der Waals surface area contributed by atoms with Crippen LogP contribution in [0.1, 0.15) is 120 Å². The molecule has 1 saturated heterocycles. The van der Waals surface area contributed by atoms with E-state index in [0.717, 1.165) is 29.5 Å². The van der Waals surface area contributed by atoms with Gasteiger partial charge in [-0.2, -0.15) is 0 Å². The lowest BCUT2D eigenvalue weighted by Crippen LogP contribution is -2.61. The molecule has 0 unspecified atom stereocenters. The average molecular weight is 715 g/mol. The summed E-state index contributed by atoms with van der Waals surface area (Å²) in [4.78, 5) is 0. The van der Waals surface area contributed by atoms with Gasteiger partial charge in [0.05, 0.1) is 32.7 Å². The van der Waals surface area contributed by atoms with Crippen LogP contribution in [0, 0.1) is 0 Å². The van der Waals surface area contributed by atoms with Crippen LogP contribution < -0.4 is 0 Å². The van der Waals surface area contributed by atoms with Gasteiger partial charge in [0, 0.05) is 7.11 Å². The van der Waals surface area contributed by atoms with Crippen molar-refractivity contribution in [3.05, 3.63) is 120 Å². The molecule has 1 heterocycles. The third-order valence-electron chi connectivity index (χ3n) is 9.81. The first kappa shape index (κ1) is 41.8. The van der Waals surface area contributed by atoms with E-state index in [4.69, 9.17) is 28.4 Å². The second-order valence-corrected chi connectivity index (χ2v) is 14.2. The SMILES string of the molecule is CCCCCCCCCCCCCCCCC=CO[C@H]1O[C@H](COC)[C@H](OCc2ccccc2)[C@H](OCc2ccccc2)[C@H]1OCc1ccccc1. The minimum absolute atomic E-state index is 0.332. The number of benzene rings is 3. The Labute approximate surface area is 315 Å². The lowest BCUT2D eigenvalue weighted by Gasteiger charge is -2.45. The Bertz CT molecular complexity index is 1290. The zero-order chi connectivity index (χ0) is 36.3. The van der Waals surface area contributed by atoms with Gasteiger partial charge in [0.2, 0.25) is 6.29 Å². The largest absolute Gasteiger partial charge is 0.470 e. The van der Waals surface area contributed by atoms with Crippen molar-refractivity contribution >= 4 is 0 Å². The highest BCUT2D eigenvalue weighted by Crippen LogP contribution is 2.31. The fourth-order valence-electron chi connectivity index (χ4n) is 6.81. The van der Waals surface area contributed by atoms with Crippen LogP contribution in [-0.2, 0) is 48.2 Å². The smallest absolute Gasteiger partial charge is 0.228 e. The van der Waals surface area contributed by atoms with Crippen LogP contribution in [0.4, 0.5) is 0 Å². The molecule has 52 heavy (non-hydrogen) atoms. The van der Waals surface area contributed by atoms with E-state index in [9.17, 15) is 0 Å². The zero-order valence-electron chi connectivity index (χ0n) is 32.1. The third-order valence-corrected chi connectivity index (χ3v) is 9.81. The Morgan fingerprint density at radius 1 is 0.519 bits per heavy atom. The molecular weight excluding hydrogens is 649 g/mol. The Hall–Kier alpha value is -3.00. The minimum Gasteiger partial charge on any atom is -0.470 e. The first-order chi connectivity index (χ1) is 25.8. The fraction of sp³-hybridized carbons (Fsp3) is 0.565. The van der Waals surface area contributed by atoms with E-state index in [1.165, 1.54) is 83.5 Å². The van der Waals surface area contributed by atoms with Crippen molar-refractivity contribution in [3.8, 4) is 0 Å². The molecule has 0 N–H and O–H groups in total. The molecule has 1 fully saturated rings. The first-order valence-electron chi connectivity index (χ1n) is 20.2. The van der Waals surface area contributed by atoms with Crippen molar-refractivity contribution in [2.75, 3.05) is 13.7 Å². The monoisotopic (exact) mass is 714 g/mol. The highest BCUT2D eigenvalue weighted by Gasteiger charge is 2.49. The molecule has 0 aromatic heterocycles. The van der Waals surface area contributed by atoms with Crippen molar-refractivity contribution in [1.29, 1.82) is 0 Å². The molecule has 3 aromatic rings. The summed E-state index contributed by atoms with van der Waals surface area (Å²) in [6, 6.07) is 30.6. The Kier molecular flexibility index (Phi) is 21.4. The first-order valence-corrected chi connectivity index (χ1v) is 20.2. The lowest BCUT2D eigenvalue weighted by atomic mass is 9.97. The molecule has 0 spiro atoms. The van der Waals surface area contributed by atoms with Gasteiger partial charge in [0.1, 0.15) is 24.4 Å². The standard InChI is InChI=1S/C46H66O6/c1-3-4-5-6-7-8-9-10-11-12-13-14-15-16-17-27-34-48-46-45(51-37-41-32-25-20-26-33-41)44(50-36-40-30-23-19-24-31-40)43(42(52-46)38-47-2)49-35-39-28-21-18-22-29-39/h18-34,42-46H,3-17,35-38H2,1-2H3/t42-,43+,44+,45-,46+/m1/s1. The molecule has 5 atom stereocenters. The molecule has 0 radical (unpaired) electrons. The summed E-state index contributed by atoms with van der Waals surface area (Å²) in [5.74, 6) is 0. The highest BCUT2D eigenvalue weighted by molar-refractivity contribution is 5.15. The minimum atomic E-state index is -0.700. The normalized spacial score (nSPS) is 20.4. The quantitative estimate of drug-likeness (QED) is 0.0551. The second kappa shape index (κ2) is 26.7. The Balaban J connectivity index is 1.32. The topological polar surface area (TPSA) is 55.4 Å². The van der Waals surface area contributed by atoms with Crippen LogP contribution in [0.5, 0.6) is 0 Å². The van der Waals surface area contributed by atoms with Gasteiger partial charge in [0.25, 0.3) is 0 Å². The second-order valence-electron chi connectivity index (χ2n) is 14.2. The van der Waals surface area contributed by atoms with Crippen molar-refractivity contribution in [1.82, 2.24) is 0 Å². The van der Waals surface area contributed by atoms with Crippen LogP contribution in [0.2, 0.25) is 0 Å². The van der Waals surface area contributed by atoms with Gasteiger partial charge in [-0.25, -0.2) is 0 Å². The van der Waals surface area contributed by atoms with Gasteiger partial charge in [0.15, 0.2) is 0 Å². The Morgan fingerprint density at radius 3 is 1.40 bits per heavy atom. The predicted octanol–water partition coefficient (Wildman–Crippen LogP) is 11.5. The van der Waals surface area contributed by atoms with Crippen LogP contribution in [0.15, 0.2) is 103 Å². The maximum Gasteiger partial charge on any atom is 0.228 e. The van der Waals surface area contributed by atoms with Crippen LogP contribution in [0.3, 0.4) is 0 Å². The van der Waals surface area contributed by atoms with E-state index in [1.807, 2.05) is 54.6 Å². The number of rotatable bonds is 28. The van der Waals surface area contributed by atoms with E-state index in [2.05, 4.69) is 49.4 Å². The Morgan fingerprint density at radius 2 is 0.942 bits per heavy atom. The van der Waals surface area contributed by atoms with Gasteiger partial charge in [-0.1, -0.05) is 181 Å². The van der Waals surface area contributed by atoms with Gasteiger partial charge in [-0.15, -0.1) is 0 Å². The van der Waals surface area contributed by atoms with E-state index in [-0.39, 0.29) is 0 Å². The lowest BCUT2D eigenvalue weighted by molar-refractivity contribution is -0.317. The van der Waals surface area contributed by atoms with E-state index in [1.54, 1.807) is 13.4 Å². The maximum absolute atomic E-state index is 6.73. The molecule has 6 heteroatoms. The molecule has 0 bridgehead atoms. The molecule has 6 nitrogen and oxygen atoms in total. The highest BCUT2D eigenvalue weighted by atomic mass is 16.7. The molecule has 4 rings (SSSR count). The van der Waals surface area contributed by atoms with Gasteiger partial charge in [-0.3, -0.25) is 0 Å². The summed E-state index contributed by atoms with van der Waals surface area (Å²) in [5, 5.41) is 0. The van der Waals surface area contributed by atoms with Crippen molar-refractivity contribution in [2.24, 2.45) is 0 Å². The molecule has 1 aliphatic heterocycles. The predicted molar refractivity (Wildman–Crippen MR) is 211 cm³/mol. The van der Waals surface area contributed by atoms with Gasteiger partial charge >= 0.3 is 0 Å². The van der Waals surface area contributed by atoms with E-state index < -0.39 is 30.7 Å². The number of hydrogen-bond acceptors (Lipinski definition) is 6.